The maximum Gasteiger partial charge on any atom is 0.325 e. The van der Waals surface area contributed by atoms with Crippen LogP contribution in [-0.2, 0) is 11.3 Å². The van der Waals surface area contributed by atoms with Crippen LogP contribution in [0.25, 0.3) is 0 Å². The number of urea groups is 1. The van der Waals surface area contributed by atoms with E-state index in [9.17, 15) is 9.59 Å². The fourth-order valence-corrected chi connectivity index (χ4v) is 2.12. The summed E-state index contributed by atoms with van der Waals surface area (Å²) in [6, 6.07) is -0.171. The Balaban J connectivity index is 1.85. The molecular weight excluding hydrogens is 262 g/mol. The highest BCUT2D eigenvalue weighted by Gasteiger charge is 2.20. The van der Waals surface area contributed by atoms with Crippen molar-refractivity contribution in [3.63, 3.8) is 0 Å². The zero-order valence-corrected chi connectivity index (χ0v) is 11.4. The molecule has 0 radical (unpaired) electrons. The van der Waals surface area contributed by atoms with Crippen LogP contribution in [0.15, 0.2) is 12.4 Å². The van der Waals surface area contributed by atoms with E-state index in [1.807, 2.05) is 0 Å². The van der Waals surface area contributed by atoms with Gasteiger partial charge in [0.05, 0.1) is 11.9 Å². The van der Waals surface area contributed by atoms with Crippen molar-refractivity contribution < 1.29 is 14.7 Å². The number of carboxylic acids is 1. The first-order valence-electron chi connectivity index (χ1n) is 6.61. The first kappa shape index (κ1) is 14.3. The number of aromatic nitrogens is 2. The molecule has 1 aromatic heterocycles. The average molecular weight is 281 g/mol. The minimum atomic E-state index is -0.971. The van der Waals surface area contributed by atoms with Crippen molar-refractivity contribution in [2.45, 2.75) is 13.5 Å². The molecule has 1 aliphatic rings. The van der Waals surface area contributed by atoms with Gasteiger partial charge in [-0.1, -0.05) is 6.92 Å². The van der Waals surface area contributed by atoms with Gasteiger partial charge in [-0.05, 0) is 6.54 Å². The predicted molar refractivity (Wildman–Crippen MR) is 72.6 cm³/mol. The number of hydrogen-bond acceptors (Lipinski definition) is 4. The van der Waals surface area contributed by atoms with Gasteiger partial charge in [0.1, 0.15) is 6.54 Å². The van der Waals surface area contributed by atoms with Gasteiger partial charge < -0.3 is 20.2 Å². The van der Waals surface area contributed by atoms with E-state index in [1.165, 1.54) is 17.1 Å². The normalized spacial score (nSPS) is 16.1. The Morgan fingerprint density at radius 3 is 2.65 bits per heavy atom. The maximum atomic E-state index is 12.0. The number of nitrogens with zero attached hydrogens (tertiary/aromatic N) is 4. The van der Waals surface area contributed by atoms with Crippen molar-refractivity contribution in [2.24, 2.45) is 0 Å². The Kier molecular flexibility index (Phi) is 4.57. The summed E-state index contributed by atoms with van der Waals surface area (Å²) in [5.74, 6) is -0.971. The zero-order chi connectivity index (χ0) is 14.5. The summed E-state index contributed by atoms with van der Waals surface area (Å²) in [5.41, 5.74) is 0.508. The Morgan fingerprint density at radius 1 is 1.35 bits per heavy atom. The van der Waals surface area contributed by atoms with Gasteiger partial charge in [0.2, 0.25) is 0 Å². The van der Waals surface area contributed by atoms with Crippen molar-refractivity contribution >= 4 is 17.7 Å². The van der Waals surface area contributed by atoms with Crippen LogP contribution in [-0.4, -0.2) is 69.4 Å². The van der Waals surface area contributed by atoms with E-state index in [-0.39, 0.29) is 12.6 Å². The molecule has 2 amide bonds. The van der Waals surface area contributed by atoms with Gasteiger partial charge in [-0.25, -0.2) is 4.79 Å². The van der Waals surface area contributed by atoms with Crippen LogP contribution >= 0.6 is 0 Å². The zero-order valence-electron chi connectivity index (χ0n) is 11.4. The lowest BCUT2D eigenvalue weighted by atomic mass is 10.3. The van der Waals surface area contributed by atoms with Gasteiger partial charge in [-0.2, -0.15) is 5.10 Å². The Morgan fingerprint density at radius 2 is 2.05 bits per heavy atom. The smallest absolute Gasteiger partial charge is 0.325 e. The van der Waals surface area contributed by atoms with Crippen LogP contribution in [0.1, 0.15) is 6.92 Å². The van der Waals surface area contributed by atoms with Crippen molar-refractivity contribution in [3.05, 3.63) is 12.4 Å². The van der Waals surface area contributed by atoms with E-state index < -0.39 is 5.97 Å². The molecule has 20 heavy (non-hydrogen) atoms. The molecule has 1 aliphatic heterocycles. The van der Waals surface area contributed by atoms with E-state index in [0.717, 1.165) is 19.6 Å². The molecule has 110 valence electrons. The topological polar surface area (TPSA) is 90.7 Å². The highest BCUT2D eigenvalue weighted by molar-refractivity contribution is 5.89. The molecule has 1 saturated heterocycles. The molecular formula is C12H19N5O3. The summed E-state index contributed by atoms with van der Waals surface area (Å²) >= 11 is 0. The summed E-state index contributed by atoms with van der Waals surface area (Å²) in [7, 11) is 0. The number of likely N-dealkylation sites (N-methyl/N-ethyl adjacent to an activating group) is 1. The largest absolute Gasteiger partial charge is 0.480 e. The number of rotatable bonds is 4. The van der Waals surface area contributed by atoms with Crippen LogP contribution in [0.5, 0.6) is 0 Å². The van der Waals surface area contributed by atoms with Crippen molar-refractivity contribution in [1.82, 2.24) is 19.6 Å². The highest BCUT2D eigenvalue weighted by Crippen LogP contribution is 2.08. The molecule has 0 bridgehead atoms. The van der Waals surface area contributed by atoms with Crippen LogP contribution in [0.4, 0.5) is 10.5 Å². The fraction of sp³-hybridized carbons (Fsp3) is 0.583. The molecule has 0 atom stereocenters. The molecule has 0 saturated carbocycles. The maximum absolute atomic E-state index is 12.0. The second kappa shape index (κ2) is 6.38. The molecule has 8 nitrogen and oxygen atoms in total. The average Bonchev–Trinajstić information content (AvgIpc) is 2.85. The Hall–Kier alpha value is -2.09. The predicted octanol–water partition coefficient (Wildman–Crippen LogP) is 0.137. The lowest BCUT2D eigenvalue weighted by molar-refractivity contribution is -0.137. The minimum Gasteiger partial charge on any atom is -0.480 e. The summed E-state index contributed by atoms with van der Waals surface area (Å²) in [6.07, 6.45) is 2.96. The standard InChI is InChI=1S/C12H19N5O3/c1-2-15-3-5-16(6-4-15)12(20)14-10-7-13-17(8-10)9-11(18)19/h7-8H,2-6,9H2,1H3,(H,14,20)(H,18,19). The summed E-state index contributed by atoms with van der Waals surface area (Å²) in [4.78, 5) is 26.6. The van der Waals surface area contributed by atoms with E-state index in [1.54, 1.807) is 4.90 Å². The lowest BCUT2D eigenvalue weighted by Gasteiger charge is -2.33. The third-order valence-corrected chi connectivity index (χ3v) is 3.29. The Labute approximate surface area is 117 Å². The number of hydrogen-bond donors (Lipinski definition) is 2. The van der Waals surface area contributed by atoms with Crippen LogP contribution in [0.3, 0.4) is 0 Å². The van der Waals surface area contributed by atoms with Gasteiger partial charge >= 0.3 is 12.0 Å². The van der Waals surface area contributed by atoms with Gasteiger partial charge in [0, 0.05) is 32.4 Å². The fourth-order valence-electron chi connectivity index (χ4n) is 2.12. The first-order valence-corrected chi connectivity index (χ1v) is 6.61. The highest BCUT2D eigenvalue weighted by atomic mass is 16.4. The van der Waals surface area contributed by atoms with E-state index >= 15 is 0 Å². The molecule has 1 aromatic rings. The van der Waals surface area contributed by atoms with E-state index in [0.29, 0.717) is 18.8 Å². The quantitative estimate of drug-likeness (QED) is 0.819. The van der Waals surface area contributed by atoms with Crippen LogP contribution in [0.2, 0.25) is 0 Å². The molecule has 2 N–H and O–H groups in total. The molecule has 2 rings (SSSR count). The lowest BCUT2D eigenvalue weighted by Crippen LogP contribution is -2.49. The van der Waals surface area contributed by atoms with Gasteiger partial charge in [0.15, 0.2) is 0 Å². The number of aliphatic carboxylic acids is 1. The van der Waals surface area contributed by atoms with E-state index in [2.05, 4.69) is 22.2 Å². The van der Waals surface area contributed by atoms with E-state index in [4.69, 9.17) is 5.11 Å². The third kappa shape index (κ3) is 3.70. The second-order valence-corrected chi connectivity index (χ2v) is 4.67. The third-order valence-electron chi connectivity index (χ3n) is 3.29. The van der Waals surface area contributed by atoms with Gasteiger partial charge in [-0.15, -0.1) is 0 Å². The van der Waals surface area contributed by atoms with Crippen molar-refractivity contribution in [2.75, 3.05) is 38.0 Å². The number of anilines is 1. The van der Waals surface area contributed by atoms with Gasteiger partial charge in [0.25, 0.3) is 0 Å². The van der Waals surface area contributed by atoms with Gasteiger partial charge in [-0.3, -0.25) is 9.48 Å². The molecule has 0 aromatic carbocycles. The summed E-state index contributed by atoms with van der Waals surface area (Å²) in [6.45, 7) is 6.03. The SMILES string of the molecule is CCN1CCN(C(=O)Nc2cnn(CC(=O)O)c2)CC1. The number of carbonyl (C=O) groups excluding carboxylic acids is 1. The minimum absolute atomic E-state index is 0.171. The molecule has 2 heterocycles. The number of carboxylic acid groups (broad SMARTS) is 1. The number of piperazine rings is 1. The second-order valence-electron chi connectivity index (χ2n) is 4.67. The molecule has 0 aliphatic carbocycles. The number of carbonyl (C=O) groups is 2. The number of amides is 2. The molecule has 0 unspecified atom stereocenters. The monoisotopic (exact) mass is 281 g/mol. The van der Waals surface area contributed by atoms with Crippen molar-refractivity contribution in [3.8, 4) is 0 Å². The first-order chi connectivity index (χ1) is 9.58. The van der Waals surface area contributed by atoms with Crippen LogP contribution in [0, 0.1) is 0 Å². The summed E-state index contributed by atoms with van der Waals surface area (Å²) < 4.78 is 1.27. The number of nitrogens with one attached hydrogen (secondary N) is 1. The molecule has 0 spiro atoms. The van der Waals surface area contributed by atoms with Crippen LogP contribution < -0.4 is 5.32 Å². The molecule has 1 fully saturated rings. The Bertz CT molecular complexity index is 479. The summed E-state index contributed by atoms with van der Waals surface area (Å²) in [5, 5.41) is 15.3. The molecule has 8 heteroatoms. The van der Waals surface area contributed by atoms with Crippen molar-refractivity contribution in [1.29, 1.82) is 0 Å².